The molecule has 2 aromatic carbocycles. The third-order valence-corrected chi connectivity index (χ3v) is 5.83. The van der Waals surface area contributed by atoms with E-state index in [1.165, 1.54) is 0 Å². The molecule has 0 aliphatic rings. The molecule has 6 nitrogen and oxygen atoms in total. The van der Waals surface area contributed by atoms with Gasteiger partial charge in [0.05, 0.1) is 29.8 Å². The second kappa shape index (κ2) is 7.18. The normalized spacial score (nSPS) is 11.2. The van der Waals surface area contributed by atoms with Crippen LogP contribution in [0.2, 0.25) is 0 Å². The molecule has 0 spiro atoms. The highest BCUT2D eigenvalue weighted by atomic mass is 32.1. The minimum atomic E-state index is 0.561. The molecule has 0 radical (unpaired) electrons. The lowest BCUT2D eigenvalue weighted by Gasteiger charge is -2.01. The van der Waals surface area contributed by atoms with Crippen molar-refractivity contribution in [2.24, 2.45) is 0 Å². The number of aryl methyl sites for hydroxylation is 1. The molecule has 7 heteroatoms. The molecule has 0 saturated heterocycles. The number of hydrogen-bond acceptors (Lipinski definition) is 6. The van der Waals surface area contributed by atoms with E-state index in [2.05, 4.69) is 21.3 Å². The van der Waals surface area contributed by atoms with Crippen molar-refractivity contribution in [1.29, 1.82) is 0 Å². The Kier molecular flexibility index (Phi) is 4.37. The van der Waals surface area contributed by atoms with E-state index in [9.17, 15) is 0 Å². The van der Waals surface area contributed by atoms with Crippen LogP contribution in [0.25, 0.3) is 26.6 Å². The van der Waals surface area contributed by atoms with Crippen molar-refractivity contribution in [1.82, 2.24) is 19.9 Å². The van der Waals surface area contributed by atoms with Crippen LogP contribution in [0.15, 0.2) is 65.2 Å². The van der Waals surface area contributed by atoms with Gasteiger partial charge in [0.15, 0.2) is 0 Å². The highest BCUT2D eigenvalue weighted by molar-refractivity contribution is 7.21. The van der Waals surface area contributed by atoms with Gasteiger partial charge in [-0.3, -0.25) is 0 Å². The Bertz CT molecular complexity index is 1290. The van der Waals surface area contributed by atoms with Crippen molar-refractivity contribution >= 4 is 21.6 Å². The molecule has 3 aromatic heterocycles. The molecule has 0 aliphatic carbocycles. The van der Waals surface area contributed by atoms with Gasteiger partial charge in [-0.2, -0.15) is 10.1 Å². The summed E-state index contributed by atoms with van der Waals surface area (Å²) in [6.07, 6.45) is 0.561. The second-order valence-corrected chi connectivity index (χ2v) is 7.73. The van der Waals surface area contributed by atoms with Crippen molar-refractivity contribution in [3.63, 3.8) is 0 Å². The molecule has 3 heterocycles. The maximum absolute atomic E-state index is 5.50. The summed E-state index contributed by atoms with van der Waals surface area (Å²) in [7, 11) is 1.66. The molecule has 0 fully saturated rings. The van der Waals surface area contributed by atoms with Crippen LogP contribution in [-0.2, 0) is 6.42 Å². The topological polar surface area (TPSA) is 66.0 Å². The molecule has 0 amide bonds. The minimum absolute atomic E-state index is 0.561. The van der Waals surface area contributed by atoms with Gasteiger partial charge in [0, 0.05) is 5.39 Å². The van der Waals surface area contributed by atoms with Crippen LogP contribution in [0.5, 0.6) is 5.75 Å². The molecule has 0 aliphatic heterocycles. The second-order valence-electron chi connectivity index (χ2n) is 6.70. The predicted molar refractivity (Wildman–Crippen MR) is 113 cm³/mol. The minimum Gasteiger partial charge on any atom is -0.497 e. The van der Waals surface area contributed by atoms with Gasteiger partial charge < -0.3 is 9.26 Å². The third-order valence-electron chi connectivity index (χ3n) is 4.72. The summed E-state index contributed by atoms with van der Waals surface area (Å²) in [5.41, 5.74) is 3.07. The van der Waals surface area contributed by atoms with Crippen LogP contribution in [0.1, 0.15) is 17.1 Å². The van der Waals surface area contributed by atoms with Gasteiger partial charge in [0.1, 0.15) is 10.6 Å². The van der Waals surface area contributed by atoms with Gasteiger partial charge in [-0.05, 0) is 42.8 Å². The fourth-order valence-electron chi connectivity index (χ4n) is 3.29. The van der Waals surface area contributed by atoms with Crippen LogP contribution in [0.4, 0.5) is 0 Å². The molecular weight excluding hydrogens is 384 g/mol. The molecule has 0 bridgehead atoms. The Morgan fingerprint density at radius 2 is 1.93 bits per heavy atom. The van der Waals surface area contributed by atoms with Crippen LogP contribution in [0.3, 0.4) is 0 Å². The SMILES string of the molecule is COc1cccc(Cc2nc(-c3cc4c(C)nn(-c5ccccc5)c4s3)no2)c1. The molecule has 0 atom stereocenters. The average Bonchev–Trinajstić information content (AvgIpc) is 3.46. The van der Waals surface area contributed by atoms with E-state index < -0.39 is 0 Å². The Morgan fingerprint density at radius 3 is 2.76 bits per heavy atom. The first-order chi connectivity index (χ1) is 14.2. The van der Waals surface area contributed by atoms with Crippen LogP contribution < -0.4 is 4.74 Å². The van der Waals surface area contributed by atoms with Crippen molar-refractivity contribution in [3.8, 4) is 22.1 Å². The van der Waals surface area contributed by atoms with Crippen molar-refractivity contribution in [3.05, 3.63) is 77.8 Å². The van der Waals surface area contributed by atoms with E-state index in [4.69, 9.17) is 9.26 Å². The standard InChI is InChI=1S/C22H18N4O2S/c1-14-18-13-19(29-22(18)26(24-14)16-8-4-3-5-9-16)21-23-20(28-25-21)12-15-7-6-10-17(11-15)27-2/h3-11,13H,12H2,1-2H3. The number of methoxy groups -OCH3 is 1. The first kappa shape index (κ1) is 17.6. The number of nitrogens with zero attached hydrogens (tertiary/aromatic N) is 4. The van der Waals surface area contributed by atoms with Crippen LogP contribution >= 0.6 is 11.3 Å². The number of fused-ring (bicyclic) bond motifs is 1. The highest BCUT2D eigenvalue weighted by Crippen LogP contribution is 2.35. The summed E-state index contributed by atoms with van der Waals surface area (Å²) in [6, 6.07) is 20.1. The monoisotopic (exact) mass is 402 g/mol. The number of thiophene rings is 1. The zero-order valence-electron chi connectivity index (χ0n) is 16.0. The molecule has 0 unspecified atom stereocenters. The molecule has 29 heavy (non-hydrogen) atoms. The zero-order chi connectivity index (χ0) is 19.8. The Balaban J connectivity index is 1.47. The number of hydrogen-bond donors (Lipinski definition) is 0. The lowest BCUT2D eigenvalue weighted by molar-refractivity contribution is 0.385. The fourth-order valence-corrected chi connectivity index (χ4v) is 4.39. The average molecular weight is 402 g/mol. The van der Waals surface area contributed by atoms with Gasteiger partial charge in [-0.25, -0.2) is 4.68 Å². The first-order valence-electron chi connectivity index (χ1n) is 9.22. The van der Waals surface area contributed by atoms with Gasteiger partial charge in [0.25, 0.3) is 0 Å². The third kappa shape index (κ3) is 3.30. The quantitative estimate of drug-likeness (QED) is 0.412. The van der Waals surface area contributed by atoms with E-state index in [1.807, 2.05) is 66.2 Å². The summed E-state index contributed by atoms with van der Waals surface area (Å²) in [4.78, 5) is 6.64. The van der Waals surface area contributed by atoms with Crippen molar-refractivity contribution in [2.45, 2.75) is 13.3 Å². The molecular formula is C22H18N4O2S. The molecule has 5 rings (SSSR count). The van der Waals surface area contributed by atoms with E-state index in [1.54, 1.807) is 18.4 Å². The molecule has 0 saturated carbocycles. The van der Waals surface area contributed by atoms with Gasteiger partial charge in [-0.15, -0.1) is 11.3 Å². The molecule has 144 valence electrons. The smallest absolute Gasteiger partial charge is 0.231 e. The lowest BCUT2D eigenvalue weighted by atomic mass is 10.1. The molecule has 5 aromatic rings. The number of ether oxygens (including phenoxy) is 1. The number of para-hydroxylation sites is 1. The first-order valence-corrected chi connectivity index (χ1v) is 10.0. The maximum atomic E-state index is 5.50. The van der Waals surface area contributed by atoms with Gasteiger partial charge in [0.2, 0.25) is 11.7 Å². The summed E-state index contributed by atoms with van der Waals surface area (Å²) >= 11 is 1.61. The summed E-state index contributed by atoms with van der Waals surface area (Å²) in [6.45, 7) is 2.02. The van der Waals surface area contributed by atoms with Crippen molar-refractivity contribution < 1.29 is 9.26 Å². The fraction of sp³-hybridized carbons (Fsp3) is 0.136. The van der Waals surface area contributed by atoms with Crippen LogP contribution in [-0.4, -0.2) is 27.0 Å². The highest BCUT2D eigenvalue weighted by Gasteiger charge is 2.17. The summed E-state index contributed by atoms with van der Waals surface area (Å²) in [5.74, 6) is 1.99. The maximum Gasteiger partial charge on any atom is 0.231 e. The summed E-state index contributed by atoms with van der Waals surface area (Å²) in [5, 5.41) is 9.98. The Hall–Kier alpha value is -3.45. The number of rotatable bonds is 5. The Morgan fingerprint density at radius 1 is 1.07 bits per heavy atom. The van der Waals surface area contributed by atoms with Crippen molar-refractivity contribution in [2.75, 3.05) is 7.11 Å². The van der Waals surface area contributed by atoms with Gasteiger partial charge >= 0.3 is 0 Å². The number of benzene rings is 2. The Labute approximate surface area is 171 Å². The van der Waals surface area contributed by atoms with Gasteiger partial charge in [-0.1, -0.05) is 35.5 Å². The molecule has 0 N–H and O–H groups in total. The zero-order valence-corrected chi connectivity index (χ0v) is 16.8. The lowest BCUT2D eigenvalue weighted by Crippen LogP contribution is -1.94. The van der Waals surface area contributed by atoms with Crippen LogP contribution in [0, 0.1) is 6.92 Å². The predicted octanol–water partition coefficient (Wildman–Crippen LogP) is 5.04. The van der Waals surface area contributed by atoms with E-state index in [0.29, 0.717) is 18.1 Å². The van der Waals surface area contributed by atoms with E-state index in [-0.39, 0.29) is 0 Å². The van der Waals surface area contributed by atoms with E-state index >= 15 is 0 Å². The largest absolute Gasteiger partial charge is 0.497 e. The van der Waals surface area contributed by atoms with E-state index in [0.717, 1.165) is 37.8 Å². The number of aromatic nitrogens is 4. The summed E-state index contributed by atoms with van der Waals surface area (Å²) < 4.78 is 12.7.